The molecule has 0 N–H and O–H groups in total. The lowest BCUT2D eigenvalue weighted by Crippen LogP contribution is -2.20. The van der Waals surface area contributed by atoms with Gasteiger partial charge in [0.1, 0.15) is 0 Å². The summed E-state index contributed by atoms with van der Waals surface area (Å²) in [4.78, 5) is 0. The molecular weight excluding hydrogens is 408 g/mol. The normalized spacial score (nSPS) is 20.7. The van der Waals surface area contributed by atoms with Gasteiger partial charge in [0.15, 0.2) is 0 Å². The third-order valence-electron chi connectivity index (χ3n) is 7.76. The van der Waals surface area contributed by atoms with Gasteiger partial charge in [0.05, 0.1) is 0 Å². The largest absolute Gasteiger partial charge is 0.103 e. The van der Waals surface area contributed by atoms with E-state index >= 15 is 0 Å². The van der Waals surface area contributed by atoms with Gasteiger partial charge < -0.3 is 0 Å². The minimum Gasteiger partial charge on any atom is -0.103 e. The average molecular weight is 465 g/mol. The number of allylic oxidation sites excluding steroid dienone is 11. The molecule has 0 saturated heterocycles. The van der Waals surface area contributed by atoms with E-state index in [9.17, 15) is 0 Å². The summed E-state index contributed by atoms with van der Waals surface area (Å²) < 4.78 is 0. The molecule has 34 heavy (non-hydrogen) atoms. The summed E-state index contributed by atoms with van der Waals surface area (Å²) >= 11 is 0. The smallest absolute Gasteiger partial charge is 0.00804 e. The Kier molecular flexibility index (Phi) is 15.2. The molecule has 0 aromatic rings. The first-order valence-electron chi connectivity index (χ1n) is 14.1. The van der Waals surface area contributed by atoms with Crippen LogP contribution in [0.1, 0.15) is 132 Å². The molecule has 0 heteroatoms. The molecule has 0 bridgehead atoms. The Balaban J connectivity index is 2.41. The summed E-state index contributed by atoms with van der Waals surface area (Å²) in [5, 5.41) is 0. The summed E-state index contributed by atoms with van der Waals surface area (Å²) in [5.41, 5.74) is 8.05. The molecule has 0 heterocycles. The van der Waals surface area contributed by atoms with Gasteiger partial charge in [0.25, 0.3) is 0 Å². The van der Waals surface area contributed by atoms with Crippen molar-refractivity contribution >= 4 is 0 Å². The van der Waals surface area contributed by atoms with Crippen LogP contribution >= 0.6 is 0 Å². The Morgan fingerprint density at radius 1 is 0.912 bits per heavy atom. The lowest BCUT2D eigenvalue weighted by molar-refractivity contribution is 0.313. The number of hydrogen-bond acceptors (Lipinski definition) is 0. The van der Waals surface area contributed by atoms with Crippen molar-refractivity contribution in [3.8, 4) is 0 Å². The third-order valence-corrected chi connectivity index (χ3v) is 7.76. The van der Waals surface area contributed by atoms with Crippen molar-refractivity contribution in [3.05, 3.63) is 70.9 Å². The Morgan fingerprint density at radius 3 is 2.09 bits per heavy atom. The minimum absolute atomic E-state index is 0.309. The molecule has 0 amide bonds. The van der Waals surface area contributed by atoms with E-state index in [1.807, 2.05) is 0 Å². The summed E-state index contributed by atoms with van der Waals surface area (Å²) in [7, 11) is 0. The molecule has 0 aromatic carbocycles. The van der Waals surface area contributed by atoms with Crippen LogP contribution in [0.4, 0.5) is 0 Å². The molecule has 1 aliphatic rings. The van der Waals surface area contributed by atoms with Gasteiger partial charge in [0.2, 0.25) is 0 Å². The van der Waals surface area contributed by atoms with Gasteiger partial charge in [0, 0.05) is 0 Å². The summed E-state index contributed by atoms with van der Waals surface area (Å²) in [6, 6.07) is 0. The Hall–Kier alpha value is -1.56. The predicted molar refractivity (Wildman–Crippen MR) is 156 cm³/mol. The highest BCUT2D eigenvalue weighted by molar-refractivity contribution is 5.15. The summed E-state index contributed by atoms with van der Waals surface area (Å²) in [6.07, 6.45) is 30.4. The molecule has 0 saturated carbocycles. The topological polar surface area (TPSA) is 0 Å². The van der Waals surface area contributed by atoms with Crippen molar-refractivity contribution in [2.75, 3.05) is 0 Å². The van der Waals surface area contributed by atoms with E-state index in [1.165, 1.54) is 94.6 Å². The van der Waals surface area contributed by atoms with Crippen LogP contribution in [-0.4, -0.2) is 0 Å². The fourth-order valence-corrected chi connectivity index (χ4v) is 4.93. The van der Waals surface area contributed by atoms with Crippen LogP contribution in [0.15, 0.2) is 70.9 Å². The second kappa shape index (κ2) is 17.0. The molecule has 0 aliphatic heterocycles. The first-order valence-corrected chi connectivity index (χ1v) is 14.1. The highest BCUT2D eigenvalue weighted by Gasteiger charge is 2.27. The minimum atomic E-state index is 0.309. The van der Waals surface area contributed by atoms with Crippen molar-refractivity contribution < 1.29 is 0 Å². The second-order valence-electron chi connectivity index (χ2n) is 11.4. The maximum atomic E-state index is 4.23. The summed E-state index contributed by atoms with van der Waals surface area (Å²) in [5.74, 6) is 0.811. The Labute approximate surface area is 214 Å². The van der Waals surface area contributed by atoms with Gasteiger partial charge in [-0.3, -0.25) is 0 Å². The quantitative estimate of drug-likeness (QED) is 0.199. The molecule has 0 radical (unpaired) electrons. The van der Waals surface area contributed by atoms with E-state index in [0.29, 0.717) is 5.41 Å². The highest BCUT2D eigenvalue weighted by Crippen LogP contribution is 2.41. The van der Waals surface area contributed by atoms with Crippen LogP contribution in [0.25, 0.3) is 0 Å². The van der Waals surface area contributed by atoms with Crippen LogP contribution in [0.5, 0.6) is 0 Å². The fourth-order valence-electron chi connectivity index (χ4n) is 4.93. The maximum absolute atomic E-state index is 4.23. The lowest BCUT2D eigenvalue weighted by atomic mass is 9.71. The van der Waals surface area contributed by atoms with E-state index in [0.717, 1.165) is 5.92 Å². The van der Waals surface area contributed by atoms with Crippen LogP contribution in [-0.2, 0) is 0 Å². The molecular formula is C34H56. The second-order valence-corrected chi connectivity index (χ2v) is 11.4. The van der Waals surface area contributed by atoms with Crippen LogP contribution < -0.4 is 0 Å². The van der Waals surface area contributed by atoms with Gasteiger partial charge in [-0.05, 0) is 123 Å². The molecule has 2 unspecified atom stereocenters. The first-order chi connectivity index (χ1) is 16.2. The van der Waals surface area contributed by atoms with E-state index in [4.69, 9.17) is 0 Å². The highest BCUT2D eigenvalue weighted by atomic mass is 14.3. The standard InChI is InChI=1S/C34H56/c1-9-29(5)27-32(8)19-12-17-31(7)20-14-24-34(10-2)25-22-33(23-26-34)21-13-18-30(6)16-11-15-28(3)4/h10,15,18-20,22,29H,2,9,11-14,16-17,21,23-27H2,1,3-8H3. The van der Waals surface area contributed by atoms with E-state index in [1.54, 1.807) is 16.7 Å². The van der Waals surface area contributed by atoms with Crippen molar-refractivity contribution in [2.24, 2.45) is 11.3 Å². The molecule has 0 fully saturated rings. The van der Waals surface area contributed by atoms with Gasteiger partial charge in [-0.2, -0.15) is 0 Å². The van der Waals surface area contributed by atoms with Crippen molar-refractivity contribution in [3.63, 3.8) is 0 Å². The van der Waals surface area contributed by atoms with Gasteiger partial charge in [-0.25, -0.2) is 0 Å². The number of hydrogen-bond donors (Lipinski definition) is 0. The zero-order valence-electron chi connectivity index (χ0n) is 23.9. The predicted octanol–water partition coefficient (Wildman–Crippen LogP) is 11.6. The molecule has 0 aromatic heterocycles. The molecule has 192 valence electrons. The summed E-state index contributed by atoms with van der Waals surface area (Å²) in [6.45, 7) is 20.1. The number of rotatable bonds is 16. The maximum Gasteiger partial charge on any atom is -0.00804 e. The molecule has 0 spiro atoms. The van der Waals surface area contributed by atoms with Gasteiger partial charge >= 0.3 is 0 Å². The zero-order chi connectivity index (χ0) is 25.4. The van der Waals surface area contributed by atoms with Gasteiger partial charge in [-0.1, -0.05) is 84.6 Å². The van der Waals surface area contributed by atoms with E-state index < -0.39 is 0 Å². The lowest BCUT2D eigenvalue weighted by Gasteiger charge is -2.33. The zero-order valence-corrected chi connectivity index (χ0v) is 23.9. The SMILES string of the molecule is C=CC1(CCC=C(C)CCC=C(C)CC(C)CC)CC=C(CCC=C(C)CCC=C(C)C)CC1. The van der Waals surface area contributed by atoms with E-state index in [-0.39, 0.29) is 0 Å². The van der Waals surface area contributed by atoms with Crippen LogP contribution in [0.3, 0.4) is 0 Å². The van der Waals surface area contributed by atoms with Crippen LogP contribution in [0.2, 0.25) is 0 Å². The molecule has 1 aliphatic carbocycles. The van der Waals surface area contributed by atoms with Gasteiger partial charge in [-0.15, -0.1) is 6.58 Å². The monoisotopic (exact) mass is 464 g/mol. The average Bonchev–Trinajstić information content (AvgIpc) is 2.79. The van der Waals surface area contributed by atoms with Crippen molar-refractivity contribution in [1.82, 2.24) is 0 Å². The van der Waals surface area contributed by atoms with Crippen LogP contribution in [0, 0.1) is 11.3 Å². The van der Waals surface area contributed by atoms with Crippen molar-refractivity contribution in [1.29, 1.82) is 0 Å². The van der Waals surface area contributed by atoms with E-state index in [2.05, 4.69) is 91.5 Å². The first kappa shape index (κ1) is 30.5. The Bertz CT molecular complexity index is 747. The fraction of sp³-hybridized carbons (Fsp3) is 0.647. The third kappa shape index (κ3) is 13.4. The molecule has 0 nitrogen and oxygen atoms in total. The Morgan fingerprint density at radius 2 is 1.53 bits per heavy atom. The molecule has 1 rings (SSSR count). The van der Waals surface area contributed by atoms with Crippen molar-refractivity contribution in [2.45, 2.75) is 132 Å². The molecule has 2 atom stereocenters.